The summed E-state index contributed by atoms with van der Waals surface area (Å²) in [4.78, 5) is 11.7. The molecule has 0 radical (unpaired) electrons. The molecule has 1 aromatic rings. The Labute approximate surface area is 123 Å². The summed E-state index contributed by atoms with van der Waals surface area (Å²) in [5.41, 5.74) is 0.979. The maximum Gasteiger partial charge on any atom is 0.220 e. The van der Waals surface area contributed by atoms with Gasteiger partial charge in [0.05, 0.1) is 10.0 Å². The average Bonchev–Trinajstić information content (AvgIpc) is 2.39. The fraction of sp³-hybridized carbons (Fsp3) is 0.500. The molecule has 5 heteroatoms. The number of aryl methyl sites for hydroxylation is 1. The minimum absolute atomic E-state index is 0.0288. The minimum atomic E-state index is -0.0358. The third kappa shape index (κ3) is 5.39. The van der Waals surface area contributed by atoms with Gasteiger partial charge in [0.2, 0.25) is 5.91 Å². The summed E-state index contributed by atoms with van der Waals surface area (Å²) >= 11 is 11.7. The van der Waals surface area contributed by atoms with E-state index in [1.165, 1.54) is 0 Å². The summed E-state index contributed by atoms with van der Waals surface area (Å²) in [6.45, 7) is 3.84. The van der Waals surface area contributed by atoms with E-state index >= 15 is 0 Å². The van der Waals surface area contributed by atoms with Crippen LogP contribution in [0.4, 0.5) is 0 Å². The number of aliphatic hydroxyl groups is 1. The molecule has 106 valence electrons. The van der Waals surface area contributed by atoms with Crippen molar-refractivity contribution in [1.82, 2.24) is 5.32 Å². The van der Waals surface area contributed by atoms with Gasteiger partial charge >= 0.3 is 0 Å². The van der Waals surface area contributed by atoms with Gasteiger partial charge in [-0.15, -0.1) is 0 Å². The Hall–Kier alpha value is -0.770. The van der Waals surface area contributed by atoms with Gasteiger partial charge in [0.1, 0.15) is 0 Å². The van der Waals surface area contributed by atoms with Crippen molar-refractivity contribution in [3.63, 3.8) is 0 Å². The number of carbonyl (C=O) groups excluding carboxylic acids is 1. The van der Waals surface area contributed by atoms with Crippen LogP contribution in [0.15, 0.2) is 18.2 Å². The molecule has 1 amide bonds. The molecule has 19 heavy (non-hydrogen) atoms. The Morgan fingerprint density at radius 1 is 1.32 bits per heavy atom. The average molecular weight is 304 g/mol. The smallest absolute Gasteiger partial charge is 0.220 e. The van der Waals surface area contributed by atoms with Gasteiger partial charge in [0, 0.05) is 19.1 Å². The van der Waals surface area contributed by atoms with E-state index in [0.29, 0.717) is 22.9 Å². The predicted octanol–water partition coefficient (Wildman–Crippen LogP) is 3.06. The van der Waals surface area contributed by atoms with Crippen LogP contribution < -0.4 is 5.32 Å². The number of halogens is 2. The molecule has 1 aromatic carbocycles. The molecule has 0 fully saturated rings. The molecule has 0 aliphatic heterocycles. The zero-order chi connectivity index (χ0) is 14.4. The van der Waals surface area contributed by atoms with E-state index in [2.05, 4.69) is 5.32 Å². The van der Waals surface area contributed by atoms with Crippen LogP contribution in [-0.4, -0.2) is 23.7 Å². The zero-order valence-electron chi connectivity index (χ0n) is 11.1. The first-order valence-corrected chi connectivity index (χ1v) is 7.03. The fourth-order valence-corrected chi connectivity index (χ4v) is 1.90. The highest BCUT2D eigenvalue weighted by Gasteiger charge is 2.13. The molecule has 0 saturated heterocycles. The van der Waals surface area contributed by atoms with Crippen molar-refractivity contribution < 1.29 is 9.90 Å². The Morgan fingerprint density at radius 2 is 2.00 bits per heavy atom. The number of benzene rings is 1. The summed E-state index contributed by atoms with van der Waals surface area (Å²) in [6.07, 6.45) is 1.00. The van der Waals surface area contributed by atoms with E-state index in [0.717, 1.165) is 5.56 Å². The second-order valence-corrected chi connectivity index (χ2v) is 5.58. The highest BCUT2D eigenvalue weighted by molar-refractivity contribution is 6.42. The van der Waals surface area contributed by atoms with E-state index < -0.39 is 0 Å². The number of nitrogens with one attached hydrogen (secondary N) is 1. The lowest BCUT2D eigenvalue weighted by Gasteiger charge is -2.19. The van der Waals surface area contributed by atoms with Gasteiger partial charge in [0.15, 0.2) is 0 Å². The van der Waals surface area contributed by atoms with Crippen LogP contribution in [0.25, 0.3) is 0 Å². The van der Waals surface area contributed by atoms with Crippen molar-refractivity contribution in [3.8, 4) is 0 Å². The molecule has 0 spiro atoms. The normalized spacial score (nSPS) is 13.9. The summed E-state index contributed by atoms with van der Waals surface area (Å²) in [7, 11) is 0. The number of amides is 1. The van der Waals surface area contributed by atoms with Gasteiger partial charge in [-0.2, -0.15) is 0 Å². The number of hydrogen-bond acceptors (Lipinski definition) is 2. The predicted molar refractivity (Wildman–Crippen MR) is 78.6 cm³/mol. The van der Waals surface area contributed by atoms with Crippen LogP contribution in [0.3, 0.4) is 0 Å². The van der Waals surface area contributed by atoms with Crippen molar-refractivity contribution in [2.75, 3.05) is 6.61 Å². The van der Waals surface area contributed by atoms with Crippen LogP contribution in [0.5, 0.6) is 0 Å². The summed E-state index contributed by atoms with van der Waals surface area (Å²) in [5, 5.41) is 12.9. The highest BCUT2D eigenvalue weighted by Crippen LogP contribution is 2.23. The van der Waals surface area contributed by atoms with Crippen LogP contribution in [-0.2, 0) is 11.2 Å². The van der Waals surface area contributed by atoms with Gasteiger partial charge < -0.3 is 10.4 Å². The molecule has 0 saturated carbocycles. The molecule has 2 unspecified atom stereocenters. The quantitative estimate of drug-likeness (QED) is 0.848. The van der Waals surface area contributed by atoms with Gasteiger partial charge in [-0.25, -0.2) is 0 Å². The minimum Gasteiger partial charge on any atom is -0.396 e. The summed E-state index contributed by atoms with van der Waals surface area (Å²) in [5.74, 6) is 0.0211. The lowest BCUT2D eigenvalue weighted by molar-refractivity contribution is -0.122. The van der Waals surface area contributed by atoms with Crippen molar-refractivity contribution in [3.05, 3.63) is 33.8 Å². The first kappa shape index (κ1) is 16.3. The molecular weight excluding hydrogens is 285 g/mol. The topological polar surface area (TPSA) is 49.3 Å². The van der Waals surface area contributed by atoms with E-state index in [1.54, 1.807) is 12.1 Å². The molecular formula is C14H19Cl2NO2. The molecule has 2 atom stereocenters. The third-order valence-electron chi connectivity index (χ3n) is 3.15. The van der Waals surface area contributed by atoms with Crippen molar-refractivity contribution in [2.45, 2.75) is 32.7 Å². The molecule has 0 bridgehead atoms. The van der Waals surface area contributed by atoms with Crippen LogP contribution in [0.2, 0.25) is 10.0 Å². The maximum atomic E-state index is 11.7. The summed E-state index contributed by atoms with van der Waals surface area (Å²) in [6, 6.07) is 5.33. The van der Waals surface area contributed by atoms with E-state index in [4.69, 9.17) is 28.3 Å². The molecule has 1 rings (SSSR count). The summed E-state index contributed by atoms with van der Waals surface area (Å²) < 4.78 is 0. The van der Waals surface area contributed by atoms with Gasteiger partial charge in [0.25, 0.3) is 0 Å². The molecule has 3 nitrogen and oxygen atoms in total. The SMILES string of the molecule is CC(CO)C(C)NC(=O)CCc1ccc(Cl)c(Cl)c1. The van der Waals surface area contributed by atoms with E-state index in [9.17, 15) is 4.79 Å². The van der Waals surface area contributed by atoms with Gasteiger partial charge in [-0.1, -0.05) is 36.2 Å². The van der Waals surface area contributed by atoms with Crippen molar-refractivity contribution in [2.24, 2.45) is 5.92 Å². The first-order chi connectivity index (χ1) is 8.93. The second-order valence-electron chi connectivity index (χ2n) is 4.76. The maximum absolute atomic E-state index is 11.7. The fourth-order valence-electron chi connectivity index (χ4n) is 1.58. The molecule has 0 aliphatic rings. The monoisotopic (exact) mass is 303 g/mol. The Balaban J connectivity index is 2.43. The van der Waals surface area contributed by atoms with Gasteiger partial charge in [-0.3, -0.25) is 4.79 Å². The van der Waals surface area contributed by atoms with Crippen molar-refractivity contribution >= 4 is 29.1 Å². The third-order valence-corrected chi connectivity index (χ3v) is 3.89. The number of aliphatic hydroxyl groups excluding tert-OH is 1. The van der Waals surface area contributed by atoms with Crippen LogP contribution >= 0.6 is 23.2 Å². The largest absolute Gasteiger partial charge is 0.396 e. The molecule has 0 heterocycles. The lowest BCUT2D eigenvalue weighted by Crippen LogP contribution is -2.38. The van der Waals surface area contributed by atoms with Gasteiger partial charge in [-0.05, 0) is 37.0 Å². The Kier molecular flexibility index (Phi) is 6.63. The van der Waals surface area contributed by atoms with Crippen LogP contribution in [0, 0.1) is 5.92 Å². The first-order valence-electron chi connectivity index (χ1n) is 6.28. The van der Waals surface area contributed by atoms with Crippen LogP contribution in [0.1, 0.15) is 25.8 Å². The second kappa shape index (κ2) is 7.73. The number of rotatable bonds is 6. The van der Waals surface area contributed by atoms with E-state index in [-0.39, 0.29) is 24.5 Å². The van der Waals surface area contributed by atoms with Crippen molar-refractivity contribution in [1.29, 1.82) is 0 Å². The molecule has 0 aromatic heterocycles. The Bertz CT molecular complexity index is 437. The lowest BCUT2D eigenvalue weighted by atomic mass is 10.0. The number of carbonyl (C=O) groups is 1. The van der Waals surface area contributed by atoms with E-state index in [1.807, 2.05) is 19.9 Å². The highest BCUT2D eigenvalue weighted by atomic mass is 35.5. The molecule has 2 N–H and O–H groups in total. The standard InChI is InChI=1S/C14H19Cl2NO2/c1-9(8-18)10(2)17-14(19)6-4-11-3-5-12(15)13(16)7-11/h3,5,7,9-10,18H,4,6,8H2,1-2H3,(H,17,19). The zero-order valence-corrected chi connectivity index (χ0v) is 12.6. The number of hydrogen-bond donors (Lipinski definition) is 2. The Morgan fingerprint density at radius 3 is 2.58 bits per heavy atom. The molecule has 0 aliphatic carbocycles.